The summed E-state index contributed by atoms with van der Waals surface area (Å²) in [6.45, 7) is 4.68. The zero-order valence-electron chi connectivity index (χ0n) is 14.1. The maximum absolute atomic E-state index is 13.1. The summed E-state index contributed by atoms with van der Waals surface area (Å²) in [6.07, 6.45) is 2.11. The van der Waals surface area contributed by atoms with Crippen molar-refractivity contribution in [2.75, 3.05) is 26.7 Å². The van der Waals surface area contributed by atoms with Crippen molar-refractivity contribution < 1.29 is 9.18 Å². The first-order valence-corrected chi connectivity index (χ1v) is 9.20. The van der Waals surface area contributed by atoms with E-state index in [1.165, 1.54) is 23.5 Å². The molecule has 1 aliphatic heterocycles. The van der Waals surface area contributed by atoms with Gasteiger partial charge in [-0.2, -0.15) is 0 Å². The third-order valence-electron chi connectivity index (χ3n) is 4.63. The summed E-state index contributed by atoms with van der Waals surface area (Å²) in [4.78, 5) is 16.6. The topological polar surface area (TPSA) is 32.3 Å². The van der Waals surface area contributed by atoms with Crippen LogP contribution in [0.15, 0.2) is 30.3 Å². The van der Waals surface area contributed by atoms with Crippen molar-refractivity contribution >= 4 is 17.2 Å². The lowest BCUT2D eigenvalue weighted by atomic mass is 9.97. The van der Waals surface area contributed by atoms with Gasteiger partial charge < -0.3 is 10.2 Å². The SMILES string of the molecule is CNCC1CCN(C(=O)c2cc(C)c(-c3ccc(F)cc3)s2)CC1. The molecule has 1 N–H and O–H groups in total. The number of benzene rings is 1. The summed E-state index contributed by atoms with van der Waals surface area (Å²) in [5.74, 6) is 0.548. The molecule has 2 aromatic rings. The number of halogens is 1. The van der Waals surface area contributed by atoms with Crippen molar-refractivity contribution in [3.63, 3.8) is 0 Å². The molecule has 1 aromatic heterocycles. The summed E-state index contributed by atoms with van der Waals surface area (Å²) in [7, 11) is 1.98. The summed E-state index contributed by atoms with van der Waals surface area (Å²) in [6, 6.07) is 8.42. The van der Waals surface area contributed by atoms with Gasteiger partial charge in [-0.15, -0.1) is 11.3 Å². The van der Waals surface area contributed by atoms with Gasteiger partial charge in [0.2, 0.25) is 0 Å². The minimum Gasteiger partial charge on any atom is -0.338 e. The van der Waals surface area contributed by atoms with Crippen LogP contribution in [0.5, 0.6) is 0 Å². The van der Waals surface area contributed by atoms with E-state index in [9.17, 15) is 9.18 Å². The first-order chi connectivity index (χ1) is 11.6. The molecule has 0 atom stereocenters. The van der Waals surface area contributed by atoms with Gasteiger partial charge in [-0.25, -0.2) is 4.39 Å². The standard InChI is InChI=1S/C19H23FN2OS/c1-13-11-17(24-18(13)15-3-5-16(20)6-4-15)19(23)22-9-7-14(8-10-22)12-21-2/h3-6,11,14,21H,7-10,12H2,1-2H3. The van der Waals surface area contributed by atoms with Crippen LogP contribution in [0.4, 0.5) is 4.39 Å². The fraction of sp³-hybridized carbons (Fsp3) is 0.421. The monoisotopic (exact) mass is 346 g/mol. The third-order valence-corrected chi connectivity index (χ3v) is 5.90. The minimum atomic E-state index is -0.242. The maximum Gasteiger partial charge on any atom is 0.263 e. The Labute approximate surface area is 146 Å². The highest BCUT2D eigenvalue weighted by Gasteiger charge is 2.25. The molecule has 128 valence electrons. The van der Waals surface area contributed by atoms with Crippen molar-refractivity contribution in [1.82, 2.24) is 10.2 Å². The van der Waals surface area contributed by atoms with Crippen LogP contribution in [0.1, 0.15) is 28.1 Å². The van der Waals surface area contributed by atoms with Gasteiger partial charge >= 0.3 is 0 Å². The second-order valence-corrected chi connectivity index (χ2v) is 7.48. The zero-order valence-corrected chi connectivity index (χ0v) is 15.0. The van der Waals surface area contributed by atoms with Crippen LogP contribution in [-0.4, -0.2) is 37.5 Å². The lowest BCUT2D eigenvalue weighted by molar-refractivity contribution is 0.0696. The molecule has 1 saturated heterocycles. The lowest BCUT2D eigenvalue weighted by Crippen LogP contribution is -2.40. The Hall–Kier alpha value is -1.72. The van der Waals surface area contributed by atoms with Crippen LogP contribution < -0.4 is 5.32 Å². The predicted octanol–water partition coefficient (Wildman–Crippen LogP) is 3.93. The molecule has 0 unspecified atom stereocenters. The highest BCUT2D eigenvalue weighted by atomic mass is 32.1. The van der Waals surface area contributed by atoms with Crippen molar-refractivity contribution in [2.45, 2.75) is 19.8 Å². The highest BCUT2D eigenvalue weighted by Crippen LogP contribution is 2.33. The number of amides is 1. The number of carbonyl (C=O) groups excluding carboxylic acids is 1. The Morgan fingerprint density at radius 2 is 1.96 bits per heavy atom. The first-order valence-electron chi connectivity index (χ1n) is 8.38. The Balaban J connectivity index is 1.73. The fourth-order valence-electron chi connectivity index (χ4n) is 3.26. The van der Waals surface area contributed by atoms with E-state index in [-0.39, 0.29) is 11.7 Å². The van der Waals surface area contributed by atoms with Gasteiger partial charge in [-0.1, -0.05) is 12.1 Å². The summed E-state index contributed by atoms with van der Waals surface area (Å²) >= 11 is 1.51. The van der Waals surface area contributed by atoms with E-state index in [0.29, 0.717) is 5.92 Å². The van der Waals surface area contributed by atoms with E-state index in [2.05, 4.69) is 5.32 Å². The van der Waals surface area contributed by atoms with Crippen molar-refractivity contribution in [3.05, 3.63) is 46.6 Å². The van der Waals surface area contributed by atoms with Gasteiger partial charge in [-0.3, -0.25) is 4.79 Å². The largest absolute Gasteiger partial charge is 0.338 e. The van der Waals surface area contributed by atoms with Crippen LogP contribution >= 0.6 is 11.3 Å². The van der Waals surface area contributed by atoms with Crippen LogP contribution in [0.25, 0.3) is 10.4 Å². The molecule has 1 aliphatic rings. The molecule has 0 spiro atoms. The van der Waals surface area contributed by atoms with E-state index in [0.717, 1.165) is 53.4 Å². The molecule has 0 saturated carbocycles. The molecular formula is C19H23FN2OS. The predicted molar refractivity (Wildman–Crippen MR) is 97.0 cm³/mol. The second-order valence-electron chi connectivity index (χ2n) is 6.42. The number of piperidine rings is 1. The van der Waals surface area contributed by atoms with Crippen LogP contribution in [0.3, 0.4) is 0 Å². The molecule has 3 rings (SSSR count). The van der Waals surface area contributed by atoms with Gasteiger partial charge in [0.05, 0.1) is 4.88 Å². The van der Waals surface area contributed by atoms with Crippen LogP contribution in [-0.2, 0) is 0 Å². The molecule has 2 heterocycles. The van der Waals surface area contributed by atoms with Gasteiger partial charge in [-0.05, 0) is 68.6 Å². The number of likely N-dealkylation sites (tertiary alicyclic amines) is 1. The van der Waals surface area contributed by atoms with Gasteiger partial charge in [0.1, 0.15) is 5.82 Å². The van der Waals surface area contributed by atoms with Gasteiger partial charge in [0.15, 0.2) is 0 Å². The minimum absolute atomic E-state index is 0.124. The van der Waals surface area contributed by atoms with Crippen molar-refractivity contribution in [2.24, 2.45) is 5.92 Å². The average Bonchev–Trinajstić information content (AvgIpc) is 2.98. The lowest BCUT2D eigenvalue weighted by Gasteiger charge is -2.31. The number of nitrogens with one attached hydrogen (secondary N) is 1. The molecular weight excluding hydrogens is 323 g/mol. The molecule has 0 radical (unpaired) electrons. The normalized spacial score (nSPS) is 15.7. The number of rotatable bonds is 4. The first kappa shape index (κ1) is 17.1. The van der Waals surface area contributed by atoms with Crippen molar-refractivity contribution in [3.8, 4) is 10.4 Å². The average molecular weight is 346 g/mol. The molecule has 1 amide bonds. The van der Waals surface area contributed by atoms with Gasteiger partial charge in [0.25, 0.3) is 5.91 Å². The summed E-state index contributed by atoms with van der Waals surface area (Å²) in [5.41, 5.74) is 2.03. The molecule has 24 heavy (non-hydrogen) atoms. The Bertz CT molecular complexity index is 703. The Morgan fingerprint density at radius 1 is 1.29 bits per heavy atom. The van der Waals surface area contributed by atoms with E-state index >= 15 is 0 Å². The van der Waals surface area contributed by atoms with Crippen molar-refractivity contribution in [1.29, 1.82) is 0 Å². The summed E-state index contributed by atoms with van der Waals surface area (Å²) < 4.78 is 13.1. The zero-order chi connectivity index (χ0) is 17.1. The van der Waals surface area contributed by atoms with E-state index in [1.807, 2.05) is 24.9 Å². The number of nitrogens with zero attached hydrogens (tertiary/aromatic N) is 1. The van der Waals surface area contributed by atoms with Crippen LogP contribution in [0, 0.1) is 18.7 Å². The van der Waals surface area contributed by atoms with E-state index in [1.54, 1.807) is 12.1 Å². The Morgan fingerprint density at radius 3 is 2.58 bits per heavy atom. The molecule has 3 nitrogen and oxygen atoms in total. The van der Waals surface area contributed by atoms with E-state index in [4.69, 9.17) is 0 Å². The molecule has 1 aromatic carbocycles. The highest BCUT2D eigenvalue weighted by molar-refractivity contribution is 7.17. The smallest absolute Gasteiger partial charge is 0.263 e. The number of hydrogen-bond acceptors (Lipinski definition) is 3. The van der Waals surface area contributed by atoms with Crippen LogP contribution in [0.2, 0.25) is 0 Å². The molecule has 5 heteroatoms. The molecule has 1 fully saturated rings. The van der Waals surface area contributed by atoms with E-state index < -0.39 is 0 Å². The quantitative estimate of drug-likeness (QED) is 0.910. The Kier molecular flexibility index (Phi) is 5.31. The number of thiophene rings is 1. The molecule has 0 bridgehead atoms. The number of aryl methyl sites for hydroxylation is 1. The number of hydrogen-bond donors (Lipinski definition) is 1. The van der Waals surface area contributed by atoms with Gasteiger partial charge in [0, 0.05) is 18.0 Å². The number of carbonyl (C=O) groups is 1. The fourth-order valence-corrected chi connectivity index (χ4v) is 4.41. The maximum atomic E-state index is 13.1. The summed E-state index contributed by atoms with van der Waals surface area (Å²) in [5, 5.41) is 3.22. The second kappa shape index (κ2) is 7.45. The third kappa shape index (κ3) is 3.68. The molecule has 0 aliphatic carbocycles.